The van der Waals surface area contributed by atoms with Crippen LogP contribution < -0.4 is 5.32 Å². The third-order valence-corrected chi connectivity index (χ3v) is 4.78. The molecule has 2 rings (SSSR count). The zero-order chi connectivity index (χ0) is 11.4. The quantitative estimate of drug-likeness (QED) is 0.847. The Morgan fingerprint density at radius 1 is 1.44 bits per heavy atom. The monoisotopic (exact) mass is 239 g/mol. The van der Waals surface area contributed by atoms with Crippen LogP contribution in [0.2, 0.25) is 0 Å². The average Bonchev–Trinajstić information content (AvgIpc) is 2.22. The van der Waals surface area contributed by atoms with Crippen LogP contribution in [0.15, 0.2) is 24.3 Å². The van der Waals surface area contributed by atoms with Crippen LogP contribution in [-0.2, 0) is 6.54 Å². The van der Waals surface area contributed by atoms with Crippen LogP contribution in [-0.4, -0.2) is 17.5 Å². The summed E-state index contributed by atoms with van der Waals surface area (Å²) in [6.07, 6.45) is 6.15. The Balaban J connectivity index is 1.79. The van der Waals surface area contributed by atoms with E-state index in [2.05, 4.69) is 11.6 Å². The molecule has 1 aliphatic rings. The Bertz CT molecular complexity index is 344. The second-order valence-corrected chi connectivity index (χ2v) is 5.75. The number of thioether (sulfide) groups is 1. The lowest BCUT2D eigenvalue weighted by Crippen LogP contribution is -2.43. The van der Waals surface area contributed by atoms with E-state index in [9.17, 15) is 4.39 Å². The van der Waals surface area contributed by atoms with Gasteiger partial charge in [-0.25, -0.2) is 4.39 Å². The first kappa shape index (κ1) is 11.9. The van der Waals surface area contributed by atoms with Gasteiger partial charge in [0.05, 0.1) is 0 Å². The van der Waals surface area contributed by atoms with E-state index in [1.54, 1.807) is 12.1 Å². The van der Waals surface area contributed by atoms with E-state index < -0.39 is 0 Å². The van der Waals surface area contributed by atoms with Gasteiger partial charge in [0, 0.05) is 17.8 Å². The second kappa shape index (κ2) is 5.19. The van der Waals surface area contributed by atoms with Crippen molar-refractivity contribution in [1.29, 1.82) is 0 Å². The van der Waals surface area contributed by atoms with Gasteiger partial charge in [0.1, 0.15) is 5.82 Å². The SMILES string of the molecule is CSC1(CNCc2cccc(F)c2)CCC1. The minimum absolute atomic E-state index is 0.150. The molecule has 0 unspecified atom stereocenters. The molecule has 1 aromatic carbocycles. The summed E-state index contributed by atoms with van der Waals surface area (Å²) in [6.45, 7) is 1.80. The molecular weight excluding hydrogens is 221 g/mol. The zero-order valence-electron chi connectivity index (χ0n) is 9.63. The number of nitrogens with one attached hydrogen (secondary N) is 1. The first-order chi connectivity index (χ1) is 7.74. The highest BCUT2D eigenvalue weighted by Crippen LogP contribution is 2.42. The molecular formula is C13H18FNS. The Labute approximate surface area is 101 Å². The highest BCUT2D eigenvalue weighted by molar-refractivity contribution is 8.00. The summed E-state index contributed by atoms with van der Waals surface area (Å²) in [5.41, 5.74) is 1.02. The fourth-order valence-corrected chi connectivity index (χ4v) is 3.05. The van der Waals surface area contributed by atoms with Gasteiger partial charge in [0.15, 0.2) is 0 Å². The molecule has 0 aromatic heterocycles. The number of benzene rings is 1. The van der Waals surface area contributed by atoms with Crippen molar-refractivity contribution < 1.29 is 4.39 Å². The molecule has 0 radical (unpaired) electrons. The van der Waals surface area contributed by atoms with Crippen molar-refractivity contribution in [2.24, 2.45) is 0 Å². The molecule has 0 amide bonds. The Morgan fingerprint density at radius 3 is 2.81 bits per heavy atom. The van der Waals surface area contributed by atoms with Gasteiger partial charge >= 0.3 is 0 Å². The maximum atomic E-state index is 12.9. The van der Waals surface area contributed by atoms with E-state index in [0.717, 1.165) is 18.7 Å². The third-order valence-electron chi connectivity index (χ3n) is 3.36. The van der Waals surface area contributed by atoms with Gasteiger partial charge in [-0.05, 0) is 36.8 Å². The largest absolute Gasteiger partial charge is 0.311 e. The molecule has 0 aliphatic heterocycles. The van der Waals surface area contributed by atoms with Crippen LogP contribution in [0.5, 0.6) is 0 Å². The maximum Gasteiger partial charge on any atom is 0.123 e. The summed E-state index contributed by atoms with van der Waals surface area (Å²) < 4.78 is 13.4. The topological polar surface area (TPSA) is 12.0 Å². The van der Waals surface area contributed by atoms with Gasteiger partial charge in [-0.15, -0.1) is 0 Å². The summed E-state index contributed by atoms with van der Waals surface area (Å²) in [5.74, 6) is -0.150. The van der Waals surface area contributed by atoms with Crippen LogP contribution in [0.1, 0.15) is 24.8 Å². The van der Waals surface area contributed by atoms with Crippen molar-refractivity contribution in [2.45, 2.75) is 30.6 Å². The molecule has 1 nitrogen and oxygen atoms in total. The van der Waals surface area contributed by atoms with E-state index in [-0.39, 0.29) is 5.82 Å². The number of rotatable bonds is 5. The molecule has 3 heteroatoms. The van der Waals surface area contributed by atoms with Crippen LogP contribution in [0.3, 0.4) is 0 Å². The summed E-state index contributed by atoms with van der Waals surface area (Å²) in [7, 11) is 0. The van der Waals surface area contributed by atoms with E-state index in [0.29, 0.717) is 4.75 Å². The van der Waals surface area contributed by atoms with E-state index >= 15 is 0 Å². The highest BCUT2D eigenvalue weighted by Gasteiger charge is 2.35. The van der Waals surface area contributed by atoms with Gasteiger partial charge in [-0.2, -0.15) is 11.8 Å². The van der Waals surface area contributed by atoms with Gasteiger partial charge in [0.25, 0.3) is 0 Å². The Hall–Kier alpha value is -0.540. The minimum atomic E-state index is -0.150. The number of halogens is 1. The summed E-state index contributed by atoms with van der Waals surface area (Å²) in [4.78, 5) is 0. The molecule has 88 valence electrons. The number of hydrogen-bond donors (Lipinski definition) is 1. The molecule has 0 bridgehead atoms. The fraction of sp³-hybridized carbons (Fsp3) is 0.538. The molecule has 1 saturated carbocycles. The molecule has 1 fully saturated rings. The van der Waals surface area contributed by atoms with Crippen molar-refractivity contribution in [3.05, 3.63) is 35.6 Å². The van der Waals surface area contributed by atoms with Crippen LogP contribution in [0, 0.1) is 5.82 Å². The van der Waals surface area contributed by atoms with Crippen LogP contribution in [0.4, 0.5) is 4.39 Å². The molecule has 0 heterocycles. The molecule has 0 atom stereocenters. The van der Waals surface area contributed by atoms with Gasteiger partial charge in [-0.3, -0.25) is 0 Å². The van der Waals surface area contributed by atoms with E-state index in [1.807, 2.05) is 17.8 Å². The first-order valence-corrected chi connectivity index (χ1v) is 6.97. The van der Waals surface area contributed by atoms with Crippen molar-refractivity contribution in [3.63, 3.8) is 0 Å². The molecule has 0 spiro atoms. The minimum Gasteiger partial charge on any atom is -0.311 e. The zero-order valence-corrected chi connectivity index (χ0v) is 10.4. The second-order valence-electron chi connectivity index (χ2n) is 4.47. The van der Waals surface area contributed by atoms with Crippen LogP contribution >= 0.6 is 11.8 Å². The summed E-state index contributed by atoms with van der Waals surface area (Å²) in [5, 5.41) is 3.44. The van der Waals surface area contributed by atoms with Crippen molar-refractivity contribution in [2.75, 3.05) is 12.8 Å². The maximum absolute atomic E-state index is 12.9. The van der Waals surface area contributed by atoms with Gasteiger partial charge in [0.2, 0.25) is 0 Å². The first-order valence-electron chi connectivity index (χ1n) is 5.74. The Morgan fingerprint density at radius 2 is 2.25 bits per heavy atom. The normalized spacial score (nSPS) is 18.1. The molecule has 0 saturated heterocycles. The van der Waals surface area contributed by atoms with Crippen LogP contribution in [0.25, 0.3) is 0 Å². The lowest BCUT2D eigenvalue weighted by atomic mass is 9.84. The van der Waals surface area contributed by atoms with E-state index in [1.165, 1.54) is 25.3 Å². The summed E-state index contributed by atoms with van der Waals surface area (Å²) >= 11 is 1.96. The highest BCUT2D eigenvalue weighted by atomic mass is 32.2. The van der Waals surface area contributed by atoms with Crippen molar-refractivity contribution in [1.82, 2.24) is 5.32 Å². The van der Waals surface area contributed by atoms with E-state index in [4.69, 9.17) is 0 Å². The lowest BCUT2D eigenvalue weighted by molar-refractivity contribution is 0.345. The number of hydrogen-bond acceptors (Lipinski definition) is 2. The summed E-state index contributed by atoms with van der Waals surface area (Å²) in [6, 6.07) is 6.81. The molecule has 1 N–H and O–H groups in total. The predicted molar refractivity (Wildman–Crippen MR) is 68.2 cm³/mol. The van der Waals surface area contributed by atoms with Crippen molar-refractivity contribution >= 4 is 11.8 Å². The van der Waals surface area contributed by atoms with Gasteiger partial charge in [-0.1, -0.05) is 18.6 Å². The van der Waals surface area contributed by atoms with Gasteiger partial charge < -0.3 is 5.32 Å². The standard InChI is InChI=1S/C13H18FNS/c1-16-13(6-3-7-13)10-15-9-11-4-2-5-12(14)8-11/h2,4-5,8,15H,3,6-7,9-10H2,1H3. The molecule has 16 heavy (non-hydrogen) atoms. The fourth-order valence-electron chi connectivity index (χ4n) is 2.11. The predicted octanol–water partition coefficient (Wildman–Crippen LogP) is 3.20. The average molecular weight is 239 g/mol. The molecule has 1 aromatic rings. The Kier molecular flexibility index (Phi) is 3.87. The lowest BCUT2D eigenvalue weighted by Gasteiger charge is -2.40. The smallest absolute Gasteiger partial charge is 0.123 e. The van der Waals surface area contributed by atoms with Crippen molar-refractivity contribution in [3.8, 4) is 0 Å². The third kappa shape index (κ3) is 2.77. The molecule has 1 aliphatic carbocycles.